The van der Waals surface area contributed by atoms with Gasteiger partial charge in [0.05, 0.1) is 18.8 Å². The first-order valence-electron chi connectivity index (χ1n) is 13.5. The second-order valence-corrected chi connectivity index (χ2v) is 17.4. The smallest absolute Gasteiger partial charge is 0.342 e. The van der Waals surface area contributed by atoms with Gasteiger partial charge >= 0.3 is 5.97 Å². The third-order valence-electron chi connectivity index (χ3n) is 6.60. The van der Waals surface area contributed by atoms with Crippen LogP contribution in [-0.2, 0) is 25.4 Å². The molecule has 1 aliphatic rings. The van der Waals surface area contributed by atoms with Gasteiger partial charge in [0.15, 0.2) is 12.6 Å². The van der Waals surface area contributed by atoms with Crippen molar-refractivity contribution in [3.05, 3.63) is 41.5 Å². The lowest BCUT2D eigenvalue weighted by Crippen LogP contribution is -2.34. The van der Waals surface area contributed by atoms with E-state index < -0.39 is 38.1 Å². The van der Waals surface area contributed by atoms with Crippen LogP contribution in [0.3, 0.4) is 0 Å². The number of hydrogen-bond acceptors (Lipinski definition) is 8. The van der Waals surface area contributed by atoms with E-state index in [1.807, 2.05) is 32.9 Å². The molecule has 2 N–H and O–H groups in total. The van der Waals surface area contributed by atoms with Crippen LogP contribution in [0.25, 0.3) is 0 Å². The minimum absolute atomic E-state index is 0.0295. The lowest BCUT2D eigenvalue weighted by molar-refractivity contribution is -0.152. The molecule has 1 saturated heterocycles. The van der Waals surface area contributed by atoms with E-state index in [0.29, 0.717) is 37.2 Å². The number of aliphatic hydroxyl groups is 2. The van der Waals surface area contributed by atoms with Gasteiger partial charge in [-0.25, -0.2) is 4.79 Å². The number of rotatable bonds is 15. The maximum Gasteiger partial charge on any atom is 0.342 e. The Morgan fingerprint density at radius 2 is 1.87 bits per heavy atom. The van der Waals surface area contributed by atoms with Crippen LogP contribution in [0, 0.1) is 5.92 Å². The predicted molar refractivity (Wildman–Crippen MR) is 150 cm³/mol. The van der Waals surface area contributed by atoms with Crippen LogP contribution >= 0.6 is 0 Å². The average Bonchev–Trinajstić information content (AvgIpc) is 3.14. The summed E-state index contributed by atoms with van der Waals surface area (Å²) >= 11 is 0. The van der Waals surface area contributed by atoms with Gasteiger partial charge in [-0.15, -0.1) is 0 Å². The van der Waals surface area contributed by atoms with E-state index in [9.17, 15) is 15.0 Å². The molecule has 38 heavy (non-hydrogen) atoms. The first kappa shape index (κ1) is 32.5. The molecule has 0 amide bonds. The molecule has 1 unspecified atom stereocenters. The Balaban J connectivity index is 2.12. The van der Waals surface area contributed by atoms with Crippen molar-refractivity contribution in [1.82, 2.24) is 0 Å². The fraction of sp³-hybridized carbons (Fsp3) is 0.690. The molecule has 0 bridgehead atoms. The number of aryl methyl sites for hydroxylation is 1. The van der Waals surface area contributed by atoms with Crippen LogP contribution in [0.4, 0.5) is 0 Å². The van der Waals surface area contributed by atoms with Gasteiger partial charge in [-0.2, -0.15) is 0 Å². The third-order valence-corrected chi connectivity index (χ3v) is 8.30. The Morgan fingerprint density at radius 3 is 2.50 bits per heavy atom. The fourth-order valence-electron chi connectivity index (χ4n) is 4.21. The second kappa shape index (κ2) is 14.6. The number of aliphatic hydroxyl groups excluding tert-OH is 2. The second-order valence-electron chi connectivity index (χ2n) is 11.8. The van der Waals surface area contributed by atoms with E-state index in [-0.39, 0.29) is 18.8 Å². The van der Waals surface area contributed by atoms with Gasteiger partial charge in [-0.3, -0.25) is 0 Å². The number of hydrogen-bond donors (Lipinski definition) is 2. The van der Waals surface area contributed by atoms with Gasteiger partial charge in [0, 0.05) is 15.2 Å². The van der Waals surface area contributed by atoms with Gasteiger partial charge < -0.3 is 33.9 Å². The lowest BCUT2D eigenvalue weighted by Gasteiger charge is -2.21. The highest BCUT2D eigenvalue weighted by Crippen LogP contribution is 2.34. The molecule has 1 fully saturated rings. The number of carbonyl (C=O) groups excluding carboxylic acids is 1. The molecule has 0 saturated carbocycles. The highest BCUT2D eigenvalue weighted by atomic mass is 28.3. The van der Waals surface area contributed by atoms with E-state index in [4.69, 9.17) is 23.7 Å². The molecule has 2 rings (SSSR count). The van der Waals surface area contributed by atoms with E-state index in [2.05, 4.69) is 19.6 Å². The fourth-order valence-corrected chi connectivity index (χ4v) is 4.92. The van der Waals surface area contributed by atoms with E-state index in [1.165, 1.54) is 7.11 Å². The molecule has 8 nitrogen and oxygen atoms in total. The quantitative estimate of drug-likeness (QED) is 0.136. The molecule has 1 heterocycles. The van der Waals surface area contributed by atoms with Gasteiger partial charge in [0.2, 0.25) is 0 Å². The summed E-state index contributed by atoms with van der Waals surface area (Å²) in [7, 11) is 0.187. The summed E-state index contributed by atoms with van der Waals surface area (Å²) in [6.07, 6.45) is 3.15. The molecule has 0 radical (unpaired) electrons. The van der Waals surface area contributed by atoms with Crippen LogP contribution in [0.5, 0.6) is 5.75 Å². The van der Waals surface area contributed by atoms with Crippen molar-refractivity contribution in [1.29, 1.82) is 0 Å². The average molecular weight is 553 g/mol. The third kappa shape index (κ3) is 10.4. The number of ether oxygens (including phenoxy) is 5. The van der Waals surface area contributed by atoms with E-state index in [1.54, 1.807) is 25.1 Å². The topological polar surface area (TPSA) is 104 Å². The molecule has 1 aromatic rings. The zero-order chi connectivity index (χ0) is 28.5. The van der Waals surface area contributed by atoms with Crippen LogP contribution in [-0.4, -0.2) is 75.0 Å². The molecule has 0 aliphatic carbocycles. The monoisotopic (exact) mass is 552 g/mol. The summed E-state index contributed by atoms with van der Waals surface area (Å²) in [5.41, 5.74) is 1.26. The van der Waals surface area contributed by atoms with Crippen molar-refractivity contribution in [2.45, 2.75) is 103 Å². The van der Waals surface area contributed by atoms with Crippen LogP contribution in [0.15, 0.2) is 30.4 Å². The first-order chi connectivity index (χ1) is 17.7. The lowest BCUT2D eigenvalue weighted by atomic mass is 9.96. The zero-order valence-corrected chi connectivity index (χ0v) is 25.4. The summed E-state index contributed by atoms with van der Waals surface area (Å²) in [5.74, 6) is -0.860. The number of benzene rings is 1. The highest BCUT2D eigenvalue weighted by molar-refractivity contribution is 6.76. The zero-order valence-electron chi connectivity index (χ0n) is 24.4. The van der Waals surface area contributed by atoms with Crippen LogP contribution in [0.1, 0.15) is 56.5 Å². The molecule has 0 spiro atoms. The minimum atomic E-state index is -1.35. The maximum absolute atomic E-state index is 13.1. The van der Waals surface area contributed by atoms with Crippen molar-refractivity contribution in [3.8, 4) is 5.75 Å². The number of esters is 1. The Kier molecular flexibility index (Phi) is 12.5. The maximum atomic E-state index is 13.1. The Labute approximate surface area is 229 Å². The minimum Gasteiger partial charge on any atom is -0.467 e. The molecule has 5 atom stereocenters. The summed E-state index contributed by atoms with van der Waals surface area (Å²) in [6.45, 7) is 14.4. The normalized spacial score (nSPS) is 21.8. The van der Waals surface area contributed by atoms with E-state index in [0.717, 1.165) is 11.6 Å². The SMILES string of the molecule is COCOc1cccc(CCC[C@@H]2OC(C)(C)O[C@@H]2C(O)/C=C\[C@@H](C)[C@H](C)O)c1C(=O)OCC[Si](C)(C)C. The number of methoxy groups -OCH3 is 1. The Bertz CT molecular complexity index is 908. The van der Waals surface area contributed by atoms with Crippen LogP contribution < -0.4 is 4.74 Å². The molecule has 1 aromatic carbocycles. The summed E-state index contributed by atoms with van der Waals surface area (Å²) < 4.78 is 28.6. The Morgan fingerprint density at radius 1 is 1.16 bits per heavy atom. The summed E-state index contributed by atoms with van der Waals surface area (Å²) in [6, 6.07) is 6.41. The van der Waals surface area contributed by atoms with Crippen molar-refractivity contribution in [2.75, 3.05) is 20.5 Å². The van der Waals surface area contributed by atoms with Crippen molar-refractivity contribution >= 4 is 14.0 Å². The van der Waals surface area contributed by atoms with Gasteiger partial charge in [-0.1, -0.05) is 50.8 Å². The van der Waals surface area contributed by atoms with Crippen molar-refractivity contribution < 1.29 is 38.7 Å². The molecule has 9 heteroatoms. The molecule has 0 aromatic heterocycles. The molecular formula is C29H48O8Si. The molecular weight excluding hydrogens is 504 g/mol. The summed E-state index contributed by atoms with van der Waals surface area (Å²) in [5, 5.41) is 20.5. The predicted octanol–water partition coefficient (Wildman–Crippen LogP) is 4.94. The van der Waals surface area contributed by atoms with Crippen molar-refractivity contribution in [2.24, 2.45) is 5.92 Å². The summed E-state index contributed by atoms with van der Waals surface area (Å²) in [4.78, 5) is 13.1. The first-order valence-corrected chi connectivity index (χ1v) is 17.3. The van der Waals surface area contributed by atoms with Crippen LogP contribution in [0.2, 0.25) is 25.7 Å². The standard InChI is InChI=1S/C29H48O8Si/c1-20(21(2)30)15-16-23(31)27-25(36-29(3,4)37-27)14-10-12-22-11-9-13-24(35-19-33-5)26(22)28(32)34-17-18-38(6,7)8/h9,11,13,15-16,20-21,23,25,27,30-31H,10,12,14,17-19H2,1-8H3/b16-15-/t20-,21+,23?,25+,27-/m1/s1. The van der Waals surface area contributed by atoms with Crippen molar-refractivity contribution in [3.63, 3.8) is 0 Å². The highest BCUT2D eigenvalue weighted by Gasteiger charge is 2.43. The van der Waals surface area contributed by atoms with Gasteiger partial charge in [0.1, 0.15) is 23.5 Å². The molecule has 216 valence electrons. The van der Waals surface area contributed by atoms with E-state index >= 15 is 0 Å². The molecule has 1 aliphatic heterocycles. The Hall–Kier alpha value is -1.75. The number of carbonyl (C=O) groups is 1. The van der Waals surface area contributed by atoms with Gasteiger partial charge in [-0.05, 0) is 63.6 Å². The largest absolute Gasteiger partial charge is 0.467 e. The van der Waals surface area contributed by atoms with Gasteiger partial charge in [0.25, 0.3) is 0 Å².